The van der Waals surface area contributed by atoms with Crippen molar-refractivity contribution in [3.63, 3.8) is 0 Å². The quantitative estimate of drug-likeness (QED) is 0.895. The van der Waals surface area contributed by atoms with Crippen LogP contribution in [0.15, 0.2) is 22.7 Å². The van der Waals surface area contributed by atoms with E-state index in [1.54, 1.807) is 12.1 Å². The van der Waals surface area contributed by atoms with Gasteiger partial charge in [0.2, 0.25) is 0 Å². The molecule has 19 heavy (non-hydrogen) atoms. The van der Waals surface area contributed by atoms with Crippen LogP contribution in [0.25, 0.3) is 0 Å². The van der Waals surface area contributed by atoms with Crippen molar-refractivity contribution in [1.29, 1.82) is 0 Å². The molecule has 0 spiro atoms. The second kappa shape index (κ2) is 6.48. The molecule has 2 rings (SSSR count). The molecular formula is C14H18BrFN2O. The van der Waals surface area contributed by atoms with Gasteiger partial charge >= 0.3 is 0 Å². The van der Waals surface area contributed by atoms with E-state index in [1.807, 2.05) is 6.92 Å². The molecule has 1 saturated heterocycles. The first-order valence-corrected chi connectivity index (χ1v) is 7.34. The standard InChI is InChI=1S/C14H18BrFN2O/c1-9(10-4-3-7-17-8-10)18-14(19)11-5-2-6-12(16)13(11)15/h2,5-6,9-10,17H,3-4,7-8H2,1H3,(H,18,19). The lowest BCUT2D eigenvalue weighted by atomic mass is 9.92. The number of nitrogens with one attached hydrogen (secondary N) is 2. The molecule has 0 aliphatic carbocycles. The van der Waals surface area contributed by atoms with Crippen molar-refractivity contribution < 1.29 is 9.18 Å². The minimum absolute atomic E-state index is 0.0791. The highest BCUT2D eigenvalue weighted by atomic mass is 79.9. The van der Waals surface area contributed by atoms with Gasteiger partial charge in [0, 0.05) is 6.04 Å². The van der Waals surface area contributed by atoms with Gasteiger partial charge in [-0.2, -0.15) is 0 Å². The van der Waals surface area contributed by atoms with Gasteiger partial charge in [-0.15, -0.1) is 0 Å². The lowest BCUT2D eigenvalue weighted by molar-refractivity contribution is 0.0920. The van der Waals surface area contributed by atoms with Crippen LogP contribution in [-0.4, -0.2) is 25.0 Å². The van der Waals surface area contributed by atoms with Gasteiger partial charge in [0.05, 0.1) is 10.0 Å². The van der Waals surface area contributed by atoms with E-state index in [4.69, 9.17) is 0 Å². The predicted molar refractivity (Wildman–Crippen MR) is 76.6 cm³/mol. The summed E-state index contributed by atoms with van der Waals surface area (Å²) in [6, 6.07) is 4.57. The number of hydrogen-bond donors (Lipinski definition) is 2. The molecular weight excluding hydrogens is 311 g/mol. The van der Waals surface area contributed by atoms with Crippen molar-refractivity contribution in [2.45, 2.75) is 25.8 Å². The van der Waals surface area contributed by atoms with Crippen LogP contribution in [0.5, 0.6) is 0 Å². The maximum atomic E-state index is 13.4. The first kappa shape index (κ1) is 14.5. The first-order valence-electron chi connectivity index (χ1n) is 6.55. The van der Waals surface area contributed by atoms with Gasteiger partial charge in [-0.05, 0) is 66.8 Å². The van der Waals surface area contributed by atoms with E-state index in [0.717, 1.165) is 25.9 Å². The summed E-state index contributed by atoms with van der Waals surface area (Å²) in [6.07, 6.45) is 2.24. The molecule has 3 nitrogen and oxygen atoms in total. The molecule has 2 atom stereocenters. The predicted octanol–water partition coefficient (Wildman–Crippen LogP) is 2.71. The maximum Gasteiger partial charge on any atom is 0.252 e. The van der Waals surface area contributed by atoms with E-state index >= 15 is 0 Å². The van der Waals surface area contributed by atoms with E-state index in [2.05, 4.69) is 26.6 Å². The average Bonchev–Trinajstić information content (AvgIpc) is 2.42. The summed E-state index contributed by atoms with van der Waals surface area (Å²) in [5.41, 5.74) is 0.343. The molecule has 104 valence electrons. The molecule has 1 aromatic carbocycles. The Kier molecular flexibility index (Phi) is 4.93. The number of hydrogen-bond acceptors (Lipinski definition) is 2. The van der Waals surface area contributed by atoms with Gasteiger partial charge in [-0.3, -0.25) is 4.79 Å². The first-order chi connectivity index (χ1) is 9.09. The summed E-state index contributed by atoms with van der Waals surface area (Å²) >= 11 is 3.12. The van der Waals surface area contributed by atoms with Crippen LogP contribution < -0.4 is 10.6 Å². The monoisotopic (exact) mass is 328 g/mol. The van der Waals surface area contributed by atoms with Crippen LogP contribution in [-0.2, 0) is 0 Å². The van der Waals surface area contributed by atoms with Crippen molar-refractivity contribution in [3.05, 3.63) is 34.1 Å². The number of carbonyl (C=O) groups excluding carboxylic acids is 1. The zero-order valence-electron chi connectivity index (χ0n) is 10.9. The summed E-state index contributed by atoms with van der Waals surface area (Å²) in [5, 5.41) is 6.29. The minimum Gasteiger partial charge on any atom is -0.349 e. The Bertz CT molecular complexity index is 461. The zero-order chi connectivity index (χ0) is 13.8. The van der Waals surface area contributed by atoms with Crippen LogP contribution in [0.4, 0.5) is 4.39 Å². The van der Waals surface area contributed by atoms with Crippen LogP contribution in [0.3, 0.4) is 0 Å². The fraction of sp³-hybridized carbons (Fsp3) is 0.500. The van der Waals surface area contributed by atoms with Crippen LogP contribution >= 0.6 is 15.9 Å². The van der Waals surface area contributed by atoms with Crippen LogP contribution in [0.2, 0.25) is 0 Å². The van der Waals surface area contributed by atoms with Crippen LogP contribution in [0, 0.1) is 11.7 Å². The average molecular weight is 329 g/mol. The van der Waals surface area contributed by atoms with Gasteiger partial charge < -0.3 is 10.6 Å². The normalized spacial score (nSPS) is 20.9. The van der Waals surface area contributed by atoms with Gasteiger partial charge in [-0.25, -0.2) is 4.39 Å². The van der Waals surface area contributed by atoms with Crippen molar-refractivity contribution in [3.8, 4) is 0 Å². The topological polar surface area (TPSA) is 41.1 Å². The largest absolute Gasteiger partial charge is 0.349 e. The lowest BCUT2D eigenvalue weighted by Crippen LogP contribution is -2.44. The van der Waals surface area contributed by atoms with Crippen molar-refractivity contribution >= 4 is 21.8 Å². The number of halogens is 2. The highest BCUT2D eigenvalue weighted by Gasteiger charge is 2.22. The number of benzene rings is 1. The number of carbonyl (C=O) groups is 1. The Hall–Kier alpha value is -0.940. The van der Waals surface area contributed by atoms with E-state index in [0.29, 0.717) is 11.5 Å². The lowest BCUT2D eigenvalue weighted by Gasteiger charge is -2.29. The molecule has 0 radical (unpaired) electrons. The van der Waals surface area contributed by atoms with Gasteiger partial charge in [-0.1, -0.05) is 6.07 Å². The summed E-state index contributed by atoms with van der Waals surface area (Å²) in [6.45, 7) is 3.97. The molecule has 1 fully saturated rings. The third-order valence-corrected chi connectivity index (χ3v) is 4.40. The Morgan fingerprint density at radius 1 is 1.58 bits per heavy atom. The summed E-state index contributed by atoms with van der Waals surface area (Å²) in [5.74, 6) is -0.214. The zero-order valence-corrected chi connectivity index (χ0v) is 12.5. The van der Waals surface area contributed by atoms with Crippen molar-refractivity contribution in [2.75, 3.05) is 13.1 Å². The summed E-state index contributed by atoms with van der Waals surface area (Å²) in [4.78, 5) is 12.1. The second-order valence-electron chi connectivity index (χ2n) is 4.97. The van der Waals surface area contributed by atoms with Crippen molar-refractivity contribution in [2.24, 2.45) is 5.92 Å². The Morgan fingerprint density at radius 2 is 2.37 bits per heavy atom. The molecule has 1 aromatic rings. The van der Waals surface area contributed by atoms with E-state index < -0.39 is 5.82 Å². The Labute approximate surface area is 121 Å². The van der Waals surface area contributed by atoms with E-state index in [1.165, 1.54) is 6.07 Å². The smallest absolute Gasteiger partial charge is 0.252 e. The van der Waals surface area contributed by atoms with Crippen LogP contribution in [0.1, 0.15) is 30.1 Å². The number of amides is 1. The third kappa shape index (κ3) is 3.54. The number of piperidine rings is 1. The maximum absolute atomic E-state index is 13.4. The highest BCUT2D eigenvalue weighted by molar-refractivity contribution is 9.10. The molecule has 5 heteroatoms. The SMILES string of the molecule is CC(NC(=O)c1cccc(F)c1Br)C1CCCNC1. The molecule has 0 bridgehead atoms. The minimum atomic E-state index is -0.417. The van der Waals surface area contributed by atoms with Crippen molar-refractivity contribution in [1.82, 2.24) is 10.6 Å². The third-order valence-electron chi connectivity index (χ3n) is 3.60. The Balaban J connectivity index is 2.02. The van der Waals surface area contributed by atoms with Gasteiger partial charge in [0.25, 0.3) is 5.91 Å². The molecule has 1 heterocycles. The van der Waals surface area contributed by atoms with E-state index in [9.17, 15) is 9.18 Å². The molecule has 0 saturated carbocycles. The second-order valence-corrected chi connectivity index (χ2v) is 5.76. The van der Waals surface area contributed by atoms with Gasteiger partial charge in [0.15, 0.2) is 0 Å². The number of rotatable bonds is 3. The fourth-order valence-corrected chi connectivity index (χ4v) is 2.83. The molecule has 1 aliphatic rings. The fourth-order valence-electron chi connectivity index (χ4n) is 2.39. The van der Waals surface area contributed by atoms with Gasteiger partial charge in [0.1, 0.15) is 5.82 Å². The summed E-state index contributed by atoms with van der Waals surface area (Å²) in [7, 11) is 0. The molecule has 0 aromatic heterocycles. The molecule has 1 amide bonds. The van der Waals surface area contributed by atoms with E-state index in [-0.39, 0.29) is 16.4 Å². The Morgan fingerprint density at radius 3 is 3.05 bits per heavy atom. The highest BCUT2D eigenvalue weighted by Crippen LogP contribution is 2.21. The summed E-state index contributed by atoms with van der Waals surface area (Å²) < 4.78 is 13.6. The molecule has 2 unspecified atom stereocenters. The molecule has 2 N–H and O–H groups in total. The molecule has 1 aliphatic heterocycles.